The second-order valence-electron chi connectivity index (χ2n) is 7.73. The number of hydrogen-bond acceptors (Lipinski definition) is 6. The third-order valence-corrected chi connectivity index (χ3v) is 5.42. The molecule has 2 heterocycles. The predicted octanol–water partition coefficient (Wildman–Crippen LogP) is 3.03. The van der Waals surface area contributed by atoms with Gasteiger partial charge in [0.15, 0.2) is 12.4 Å². The van der Waals surface area contributed by atoms with Crippen molar-refractivity contribution in [2.45, 2.75) is 6.54 Å². The van der Waals surface area contributed by atoms with Crippen molar-refractivity contribution >= 4 is 23.5 Å². The highest BCUT2D eigenvalue weighted by molar-refractivity contribution is 6.02. The molecule has 4 rings (SSSR count). The first-order chi connectivity index (χ1) is 16.1. The molecule has 1 aliphatic heterocycles. The van der Waals surface area contributed by atoms with Gasteiger partial charge in [0.25, 0.3) is 11.8 Å². The molecule has 0 saturated carbocycles. The molecule has 0 unspecified atom stereocenters. The first-order valence-electron chi connectivity index (χ1n) is 10.7. The number of furan rings is 1. The van der Waals surface area contributed by atoms with E-state index in [-0.39, 0.29) is 24.2 Å². The number of carbonyl (C=O) groups excluding carboxylic acids is 3. The van der Waals surface area contributed by atoms with Crippen molar-refractivity contribution in [3.8, 4) is 0 Å². The molecule has 33 heavy (non-hydrogen) atoms. The highest BCUT2D eigenvalue weighted by atomic mass is 16.5. The number of hydrogen-bond donors (Lipinski definition) is 1. The van der Waals surface area contributed by atoms with Gasteiger partial charge in [0.2, 0.25) is 0 Å². The van der Waals surface area contributed by atoms with E-state index < -0.39 is 5.97 Å². The van der Waals surface area contributed by atoms with E-state index in [4.69, 9.17) is 9.15 Å². The SMILES string of the molecule is O=C(OCC(=O)N1CCN(Cc2ccccc2)CC1)c1ccc(NC(=O)c2ccco2)cc1. The van der Waals surface area contributed by atoms with Crippen molar-refractivity contribution in [1.29, 1.82) is 0 Å². The number of anilines is 1. The van der Waals surface area contributed by atoms with Gasteiger partial charge in [0.05, 0.1) is 11.8 Å². The largest absolute Gasteiger partial charge is 0.459 e. The summed E-state index contributed by atoms with van der Waals surface area (Å²) in [5.41, 5.74) is 2.06. The van der Waals surface area contributed by atoms with Crippen molar-refractivity contribution in [2.75, 3.05) is 38.1 Å². The number of nitrogens with one attached hydrogen (secondary N) is 1. The molecule has 2 amide bonds. The molecule has 2 aromatic carbocycles. The number of benzene rings is 2. The van der Waals surface area contributed by atoms with E-state index in [0.717, 1.165) is 19.6 Å². The first kappa shape index (κ1) is 22.3. The molecular formula is C25H25N3O5. The van der Waals surface area contributed by atoms with Gasteiger partial charge >= 0.3 is 5.97 Å². The van der Waals surface area contributed by atoms with Crippen LogP contribution in [0, 0.1) is 0 Å². The van der Waals surface area contributed by atoms with Gasteiger partial charge in [-0.3, -0.25) is 14.5 Å². The summed E-state index contributed by atoms with van der Waals surface area (Å²) in [5, 5.41) is 2.67. The van der Waals surface area contributed by atoms with Gasteiger partial charge in [-0.15, -0.1) is 0 Å². The van der Waals surface area contributed by atoms with Crippen LogP contribution in [0.4, 0.5) is 5.69 Å². The molecule has 1 aliphatic rings. The van der Waals surface area contributed by atoms with E-state index in [1.165, 1.54) is 24.0 Å². The van der Waals surface area contributed by atoms with Gasteiger partial charge in [-0.1, -0.05) is 30.3 Å². The summed E-state index contributed by atoms with van der Waals surface area (Å²) in [6.45, 7) is 3.32. The zero-order chi connectivity index (χ0) is 23.0. The lowest BCUT2D eigenvalue weighted by Crippen LogP contribution is -2.49. The van der Waals surface area contributed by atoms with Crippen LogP contribution in [0.1, 0.15) is 26.5 Å². The highest BCUT2D eigenvalue weighted by Gasteiger charge is 2.22. The van der Waals surface area contributed by atoms with Crippen molar-refractivity contribution in [3.63, 3.8) is 0 Å². The molecule has 1 aromatic heterocycles. The standard InChI is InChI=1S/C25H25N3O5/c29-23(28-14-12-27(13-15-28)17-19-5-2-1-3-6-19)18-33-25(31)20-8-10-21(11-9-20)26-24(30)22-7-4-16-32-22/h1-11,16H,12-15,17-18H2,(H,26,30). The van der Waals surface area contributed by atoms with Crippen LogP contribution in [-0.2, 0) is 16.1 Å². The number of carbonyl (C=O) groups is 3. The fourth-order valence-electron chi connectivity index (χ4n) is 3.59. The highest BCUT2D eigenvalue weighted by Crippen LogP contribution is 2.13. The zero-order valence-corrected chi connectivity index (χ0v) is 18.1. The summed E-state index contributed by atoms with van der Waals surface area (Å²) in [4.78, 5) is 40.8. The van der Waals surface area contributed by atoms with E-state index in [0.29, 0.717) is 24.3 Å². The molecule has 3 aromatic rings. The van der Waals surface area contributed by atoms with Crippen LogP contribution in [0.25, 0.3) is 0 Å². The number of piperazine rings is 1. The number of esters is 1. The van der Waals surface area contributed by atoms with E-state index in [9.17, 15) is 14.4 Å². The molecule has 170 valence electrons. The minimum atomic E-state index is -0.588. The van der Waals surface area contributed by atoms with Gasteiger partial charge in [0, 0.05) is 38.4 Å². The molecule has 1 fully saturated rings. The molecule has 8 nitrogen and oxygen atoms in total. The minimum absolute atomic E-state index is 0.192. The van der Waals surface area contributed by atoms with Crippen molar-refractivity contribution < 1.29 is 23.5 Å². The van der Waals surface area contributed by atoms with Crippen molar-refractivity contribution in [1.82, 2.24) is 9.80 Å². The monoisotopic (exact) mass is 447 g/mol. The average Bonchev–Trinajstić information content (AvgIpc) is 3.39. The zero-order valence-electron chi connectivity index (χ0n) is 18.1. The van der Waals surface area contributed by atoms with Gasteiger partial charge in [-0.2, -0.15) is 0 Å². The quantitative estimate of drug-likeness (QED) is 0.560. The van der Waals surface area contributed by atoms with E-state index >= 15 is 0 Å². The molecule has 1 N–H and O–H groups in total. The second kappa shape index (κ2) is 10.6. The number of rotatable bonds is 7. The second-order valence-corrected chi connectivity index (χ2v) is 7.73. The lowest BCUT2D eigenvalue weighted by atomic mass is 10.2. The Labute approximate surface area is 191 Å². The van der Waals surface area contributed by atoms with Gasteiger partial charge in [0.1, 0.15) is 0 Å². The number of amides is 2. The number of ether oxygens (including phenoxy) is 1. The summed E-state index contributed by atoms with van der Waals surface area (Å²) in [7, 11) is 0. The minimum Gasteiger partial charge on any atom is -0.459 e. The third kappa shape index (κ3) is 6.08. The van der Waals surface area contributed by atoms with Crippen LogP contribution < -0.4 is 5.32 Å². The first-order valence-corrected chi connectivity index (χ1v) is 10.7. The van der Waals surface area contributed by atoms with Gasteiger partial charge in [-0.05, 0) is 42.0 Å². The number of nitrogens with zero attached hydrogens (tertiary/aromatic N) is 2. The van der Waals surface area contributed by atoms with Gasteiger partial charge < -0.3 is 19.4 Å². The van der Waals surface area contributed by atoms with Crippen LogP contribution in [0.2, 0.25) is 0 Å². The summed E-state index contributed by atoms with van der Waals surface area (Å²) >= 11 is 0. The summed E-state index contributed by atoms with van der Waals surface area (Å²) in [5.74, 6) is -0.984. The Morgan fingerprint density at radius 3 is 2.27 bits per heavy atom. The van der Waals surface area contributed by atoms with Crippen LogP contribution >= 0.6 is 0 Å². The van der Waals surface area contributed by atoms with E-state index in [1.54, 1.807) is 29.2 Å². The molecular weight excluding hydrogens is 422 g/mol. The van der Waals surface area contributed by atoms with Gasteiger partial charge in [-0.25, -0.2) is 4.79 Å². The molecule has 0 atom stereocenters. The third-order valence-electron chi connectivity index (χ3n) is 5.42. The Morgan fingerprint density at radius 1 is 0.879 bits per heavy atom. The Morgan fingerprint density at radius 2 is 1.61 bits per heavy atom. The average molecular weight is 447 g/mol. The maximum atomic E-state index is 12.5. The Hall–Kier alpha value is -3.91. The fraction of sp³-hybridized carbons (Fsp3) is 0.240. The Balaban J connectivity index is 1.20. The van der Waals surface area contributed by atoms with E-state index in [2.05, 4.69) is 22.3 Å². The summed E-state index contributed by atoms with van der Waals surface area (Å²) in [6.07, 6.45) is 1.42. The Bertz CT molecular complexity index is 1070. The van der Waals surface area contributed by atoms with Crippen molar-refractivity contribution in [3.05, 3.63) is 89.9 Å². The normalized spacial score (nSPS) is 14.0. The predicted molar refractivity (Wildman–Crippen MR) is 122 cm³/mol. The van der Waals surface area contributed by atoms with Crippen LogP contribution in [0.15, 0.2) is 77.4 Å². The van der Waals surface area contributed by atoms with Crippen molar-refractivity contribution in [2.24, 2.45) is 0 Å². The summed E-state index contributed by atoms with van der Waals surface area (Å²) < 4.78 is 10.2. The lowest BCUT2D eigenvalue weighted by Gasteiger charge is -2.34. The Kier molecular flexibility index (Phi) is 7.16. The van der Waals surface area contributed by atoms with E-state index in [1.807, 2.05) is 18.2 Å². The van der Waals surface area contributed by atoms with Crippen LogP contribution in [0.5, 0.6) is 0 Å². The summed E-state index contributed by atoms with van der Waals surface area (Å²) in [6, 6.07) is 19.7. The molecule has 0 spiro atoms. The molecule has 0 aliphatic carbocycles. The van der Waals surface area contributed by atoms with Crippen LogP contribution in [-0.4, -0.2) is 60.4 Å². The molecule has 0 bridgehead atoms. The maximum Gasteiger partial charge on any atom is 0.338 e. The smallest absolute Gasteiger partial charge is 0.338 e. The molecule has 8 heteroatoms. The molecule has 1 saturated heterocycles. The fourth-order valence-corrected chi connectivity index (χ4v) is 3.59. The maximum absolute atomic E-state index is 12.5. The topological polar surface area (TPSA) is 92.1 Å². The molecule has 0 radical (unpaired) electrons. The lowest BCUT2D eigenvalue weighted by molar-refractivity contribution is -0.136. The van der Waals surface area contributed by atoms with Crippen LogP contribution in [0.3, 0.4) is 0 Å².